The Morgan fingerprint density at radius 3 is 2.22 bits per heavy atom. The van der Waals surface area contributed by atoms with Gasteiger partial charge in [0.25, 0.3) is 0 Å². The number of aliphatic carboxylic acids is 1. The molecule has 0 unspecified atom stereocenters. The van der Waals surface area contributed by atoms with E-state index in [1.165, 1.54) is 0 Å². The average molecular weight is 657 g/mol. The van der Waals surface area contributed by atoms with Gasteiger partial charge in [0.05, 0.1) is 31.1 Å². The van der Waals surface area contributed by atoms with Gasteiger partial charge in [-0.2, -0.15) is 5.26 Å². The fourth-order valence-electron chi connectivity index (χ4n) is 7.30. The number of nitriles is 1. The van der Waals surface area contributed by atoms with Crippen LogP contribution in [0, 0.1) is 31.1 Å². The van der Waals surface area contributed by atoms with Crippen LogP contribution in [0.15, 0.2) is 57.4 Å². The van der Waals surface area contributed by atoms with E-state index in [0.717, 1.165) is 69.9 Å². The van der Waals surface area contributed by atoms with Gasteiger partial charge in [-0.05, 0) is 98.4 Å². The molecule has 11 heteroatoms. The second kappa shape index (κ2) is 12.3. The highest BCUT2D eigenvalue weighted by Gasteiger charge is 2.31. The Morgan fingerprint density at radius 2 is 1.61 bits per heavy atom. The summed E-state index contributed by atoms with van der Waals surface area (Å²) in [5, 5.41) is 19.4. The lowest BCUT2D eigenvalue weighted by Gasteiger charge is -2.31. The summed E-state index contributed by atoms with van der Waals surface area (Å²) in [5.41, 5.74) is 8.93. The third-order valence-corrected chi connectivity index (χ3v) is 10.2. The highest BCUT2D eigenvalue weighted by atomic mass is 16.4. The minimum Gasteiger partial charge on any atom is -0.481 e. The van der Waals surface area contributed by atoms with Crippen LogP contribution in [0.5, 0.6) is 0 Å². The lowest BCUT2D eigenvalue weighted by Crippen LogP contribution is -2.44. The topological polar surface area (TPSA) is 140 Å². The van der Waals surface area contributed by atoms with Crippen LogP contribution in [0.4, 0.5) is 0 Å². The van der Waals surface area contributed by atoms with Crippen LogP contribution in [0.3, 0.4) is 0 Å². The van der Waals surface area contributed by atoms with Crippen molar-refractivity contribution in [3.8, 4) is 40.1 Å². The lowest BCUT2D eigenvalue weighted by atomic mass is 9.91. The molecule has 11 nitrogen and oxygen atoms in total. The molecule has 0 radical (unpaired) electrons. The summed E-state index contributed by atoms with van der Waals surface area (Å²) in [5.74, 6) is 0.715. The molecule has 2 fully saturated rings. The summed E-state index contributed by atoms with van der Waals surface area (Å²) in [4.78, 5) is 39.9. The number of aromatic nitrogens is 2. The van der Waals surface area contributed by atoms with Crippen LogP contribution in [-0.2, 0) is 29.2 Å². The number of amides is 1. The van der Waals surface area contributed by atoms with E-state index in [1.807, 2.05) is 48.2 Å². The molecule has 0 spiro atoms. The molecular weight excluding hydrogens is 620 g/mol. The Bertz CT molecular complexity index is 2150. The minimum absolute atomic E-state index is 0.115. The number of nitrogens with zero attached hydrogens (tertiary/aromatic N) is 6. The normalized spacial score (nSPS) is 17.7. The van der Waals surface area contributed by atoms with Crippen molar-refractivity contribution in [3.63, 3.8) is 0 Å². The summed E-state index contributed by atoms with van der Waals surface area (Å²) in [7, 11) is 0. The van der Waals surface area contributed by atoms with Crippen LogP contribution in [0.25, 0.3) is 45.1 Å². The van der Waals surface area contributed by atoms with Gasteiger partial charge in [-0.3, -0.25) is 19.4 Å². The molecule has 248 valence electrons. The number of fused-ring (bicyclic) bond motifs is 2. The molecule has 3 aromatic carbocycles. The van der Waals surface area contributed by atoms with E-state index >= 15 is 0 Å². The molecule has 1 atom stereocenters. The van der Waals surface area contributed by atoms with Gasteiger partial charge in [-0.1, -0.05) is 24.3 Å². The van der Waals surface area contributed by atoms with E-state index in [-0.39, 0.29) is 11.8 Å². The van der Waals surface area contributed by atoms with E-state index < -0.39 is 5.97 Å². The van der Waals surface area contributed by atoms with Gasteiger partial charge in [0.1, 0.15) is 23.0 Å². The van der Waals surface area contributed by atoms with Crippen molar-refractivity contribution in [1.82, 2.24) is 24.7 Å². The van der Waals surface area contributed by atoms with E-state index in [2.05, 4.69) is 34.9 Å². The molecule has 5 aromatic rings. The van der Waals surface area contributed by atoms with Crippen molar-refractivity contribution in [1.29, 1.82) is 5.26 Å². The lowest BCUT2D eigenvalue weighted by molar-refractivity contribution is -0.141. The number of benzene rings is 3. The zero-order chi connectivity index (χ0) is 33.8. The Labute approximate surface area is 283 Å². The zero-order valence-electron chi connectivity index (χ0n) is 27.5. The molecule has 0 saturated carbocycles. The first kappa shape index (κ1) is 31.0. The predicted molar refractivity (Wildman–Crippen MR) is 181 cm³/mol. The molecule has 1 N–H and O–H groups in total. The van der Waals surface area contributed by atoms with Crippen LogP contribution in [0.2, 0.25) is 0 Å². The quantitative estimate of drug-likeness (QED) is 0.219. The smallest absolute Gasteiger partial charge is 0.307 e. The summed E-state index contributed by atoms with van der Waals surface area (Å²) < 4.78 is 12.5. The standard InChI is InChI=1S/C38H36N6O5/c1-22-27(6-3-8-29(22)36-41-32-19-44(20-33(32)48-36)34(45)21-42-11-5-12-42)28-7-4-9-30(23(28)2)37-40-31-15-24(14-26(16-39)35(31)49-37)17-43-13-10-25(18-43)38(46)47/h3-4,6-9,14-15,25H,5,10-13,17-21H2,1-2H3,(H,46,47)/t25-/m1/s1. The van der Waals surface area contributed by atoms with Gasteiger partial charge in [-0.25, -0.2) is 9.97 Å². The van der Waals surface area contributed by atoms with Crippen LogP contribution in [0.1, 0.15) is 46.5 Å². The summed E-state index contributed by atoms with van der Waals surface area (Å²) in [6.45, 7) is 9.17. The zero-order valence-corrected chi connectivity index (χ0v) is 27.5. The van der Waals surface area contributed by atoms with Crippen molar-refractivity contribution in [2.24, 2.45) is 5.92 Å². The van der Waals surface area contributed by atoms with Crippen molar-refractivity contribution >= 4 is 23.0 Å². The van der Waals surface area contributed by atoms with E-state index in [4.69, 9.17) is 18.8 Å². The maximum Gasteiger partial charge on any atom is 0.307 e. The molecule has 3 aliphatic heterocycles. The van der Waals surface area contributed by atoms with E-state index in [1.54, 1.807) is 0 Å². The largest absolute Gasteiger partial charge is 0.481 e. The van der Waals surface area contributed by atoms with Crippen LogP contribution >= 0.6 is 0 Å². The fraction of sp³-hybridized carbons (Fsp3) is 0.342. The second-order valence-electron chi connectivity index (χ2n) is 13.4. The molecule has 1 amide bonds. The van der Waals surface area contributed by atoms with E-state index in [0.29, 0.717) is 74.1 Å². The maximum atomic E-state index is 12.7. The fourth-order valence-corrected chi connectivity index (χ4v) is 7.30. The number of likely N-dealkylation sites (tertiary alicyclic amines) is 2. The van der Waals surface area contributed by atoms with Crippen molar-refractivity contribution in [3.05, 3.63) is 82.2 Å². The molecule has 3 aliphatic rings. The number of oxazole rings is 2. The Morgan fingerprint density at radius 1 is 0.918 bits per heavy atom. The number of carboxylic acids is 1. The number of carboxylic acid groups (broad SMARTS) is 1. The number of rotatable bonds is 8. The first-order valence-corrected chi connectivity index (χ1v) is 16.7. The predicted octanol–water partition coefficient (Wildman–Crippen LogP) is 5.76. The maximum absolute atomic E-state index is 12.7. The highest BCUT2D eigenvalue weighted by molar-refractivity contribution is 5.85. The molecule has 49 heavy (non-hydrogen) atoms. The highest BCUT2D eigenvalue weighted by Crippen LogP contribution is 2.39. The molecule has 2 saturated heterocycles. The molecule has 8 rings (SSSR count). The van der Waals surface area contributed by atoms with Gasteiger partial charge in [0.15, 0.2) is 5.58 Å². The van der Waals surface area contributed by atoms with E-state index in [9.17, 15) is 20.0 Å². The van der Waals surface area contributed by atoms with Gasteiger partial charge in [-0.15, -0.1) is 0 Å². The monoisotopic (exact) mass is 656 g/mol. The Balaban J connectivity index is 1.06. The summed E-state index contributed by atoms with van der Waals surface area (Å²) >= 11 is 0. The van der Waals surface area contributed by atoms with Crippen molar-refractivity contribution in [2.75, 3.05) is 32.7 Å². The summed E-state index contributed by atoms with van der Waals surface area (Å²) in [6.07, 6.45) is 1.77. The van der Waals surface area contributed by atoms with Gasteiger partial charge in [0.2, 0.25) is 17.7 Å². The average Bonchev–Trinajstić information content (AvgIpc) is 3.86. The molecule has 0 bridgehead atoms. The minimum atomic E-state index is -0.768. The van der Waals surface area contributed by atoms with Crippen LogP contribution < -0.4 is 0 Å². The molecule has 0 aliphatic carbocycles. The number of hydrogen-bond acceptors (Lipinski definition) is 9. The van der Waals surface area contributed by atoms with Crippen molar-refractivity contribution in [2.45, 2.75) is 46.3 Å². The van der Waals surface area contributed by atoms with Crippen molar-refractivity contribution < 1.29 is 23.5 Å². The molecular formula is C38H36N6O5. The van der Waals surface area contributed by atoms with Crippen LogP contribution in [-0.4, -0.2) is 74.4 Å². The number of carbonyl (C=O) groups excluding carboxylic acids is 1. The number of carbonyl (C=O) groups is 2. The summed E-state index contributed by atoms with van der Waals surface area (Å²) in [6, 6.07) is 18.1. The Kier molecular flexibility index (Phi) is 7.77. The second-order valence-corrected chi connectivity index (χ2v) is 13.4. The Hall–Kier alpha value is -5.31. The van der Waals surface area contributed by atoms with Gasteiger partial charge >= 0.3 is 5.97 Å². The van der Waals surface area contributed by atoms with Gasteiger partial charge in [0, 0.05) is 24.2 Å². The number of hydrogen-bond donors (Lipinski definition) is 1. The first-order chi connectivity index (χ1) is 23.7. The first-order valence-electron chi connectivity index (χ1n) is 16.7. The molecule has 5 heterocycles. The SMILES string of the molecule is Cc1c(-c2nc3c(o2)CN(C(=O)CN2CCC2)C3)cccc1-c1cccc(-c2nc3cc(CN4CC[C@@H](C(=O)O)C4)cc(C#N)c3o2)c1C. The molecule has 2 aromatic heterocycles. The third-order valence-electron chi connectivity index (χ3n) is 10.2. The van der Waals surface area contributed by atoms with Gasteiger partial charge < -0.3 is 18.8 Å². The third kappa shape index (κ3) is 5.67.